The van der Waals surface area contributed by atoms with Crippen molar-refractivity contribution in [3.8, 4) is 12.1 Å². The van der Waals surface area contributed by atoms with Crippen LogP contribution in [0.2, 0.25) is 0 Å². The molecule has 3 nitrogen and oxygen atoms in total. The molecule has 1 aromatic rings. The molecular weight excluding hydrogens is 294 g/mol. The number of nitrogens with zero attached hydrogens (tertiary/aromatic N) is 3. The molecule has 0 saturated heterocycles. The van der Waals surface area contributed by atoms with Gasteiger partial charge >= 0.3 is 0 Å². The molecule has 0 aliphatic heterocycles. The fraction of sp³-hybridized carbons (Fsp3) is 0.238. The van der Waals surface area contributed by atoms with Crippen LogP contribution >= 0.6 is 0 Å². The van der Waals surface area contributed by atoms with Crippen molar-refractivity contribution < 1.29 is 0 Å². The average Bonchev–Trinajstić information content (AvgIpc) is 3.41. The zero-order valence-electron chi connectivity index (χ0n) is 14.1. The zero-order chi connectivity index (χ0) is 17.4. The molecule has 24 heavy (non-hydrogen) atoms. The molecule has 0 atom stereocenters. The van der Waals surface area contributed by atoms with E-state index in [9.17, 15) is 0 Å². The first-order chi connectivity index (χ1) is 11.6. The minimum Gasteiger partial charge on any atom is -0.378 e. The zero-order valence-corrected chi connectivity index (χ0v) is 14.1. The number of anilines is 1. The first kappa shape index (κ1) is 17.3. The van der Waals surface area contributed by atoms with Crippen LogP contribution in [0.25, 0.3) is 6.08 Å². The molecule has 0 unspecified atom stereocenters. The van der Waals surface area contributed by atoms with Crippen molar-refractivity contribution in [2.75, 3.05) is 19.0 Å². The number of rotatable bonds is 6. The molecule has 1 fully saturated rings. The third-order valence-corrected chi connectivity index (χ3v) is 3.77. The van der Waals surface area contributed by atoms with Crippen molar-refractivity contribution >= 4 is 11.8 Å². The van der Waals surface area contributed by atoms with E-state index in [1.807, 2.05) is 56.6 Å². The molecule has 0 aromatic heterocycles. The summed E-state index contributed by atoms with van der Waals surface area (Å²) in [6.07, 6.45) is 14.0. The first-order valence-corrected chi connectivity index (χ1v) is 7.99. The topological polar surface area (TPSA) is 50.8 Å². The summed E-state index contributed by atoms with van der Waals surface area (Å²) in [4.78, 5) is 2.06. The third-order valence-electron chi connectivity index (χ3n) is 3.77. The lowest BCUT2D eigenvalue weighted by molar-refractivity contribution is 1.12. The molecule has 0 amide bonds. The Hall–Kier alpha value is -3.04. The van der Waals surface area contributed by atoms with Gasteiger partial charge < -0.3 is 4.90 Å². The number of allylic oxidation sites excluding steroid dienone is 7. The maximum Gasteiger partial charge on any atom is 0.136 e. The van der Waals surface area contributed by atoms with Crippen LogP contribution in [0.3, 0.4) is 0 Å². The van der Waals surface area contributed by atoms with Crippen molar-refractivity contribution in [2.45, 2.75) is 12.8 Å². The summed E-state index contributed by atoms with van der Waals surface area (Å²) in [6.45, 7) is 0. The summed E-state index contributed by atoms with van der Waals surface area (Å²) in [5.74, 6) is 0.609. The van der Waals surface area contributed by atoms with E-state index in [1.165, 1.54) is 12.8 Å². The average molecular weight is 315 g/mol. The molecule has 0 radical (unpaired) electrons. The van der Waals surface area contributed by atoms with Crippen molar-refractivity contribution in [3.63, 3.8) is 0 Å². The van der Waals surface area contributed by atoms with E-state index in [0.717, 1.165) is 11.3 Å². The highest BCUT2D eigenvalue weighted by atomic mass is 15.1. The molecule has 0 N–H and O–H groups in total. The van der Waals surface area contributed by atoms with Gasteiger partial charge in [0.05, 0.1) is 0 Å². The summed E-state index contributed by atoms with van der Waals surface area (Å²) in [6, 6.07) is 12.2. The molecular formula is C21H21N3. The van der Waals surface area contributed by atoms with Gasteiger partial charge in [0.2, 0.25) is 0 Å². The van der Waals surface area contributed by atoms with Crippen molar-refractivity contribution in [1.29, 1.82) is 10.5 Å². The van der Waals surface area contributed by atoms with E-state index in [4.69, 9.17) is 10.5 Å². The second kappa shape index (κ2) is 8.56. The predicted molar refractivity (Wildman–Crippen MR) is 99.1 cm³/mol. The van der Waals surface area contributed by atoms with Gasteiger partial charge in [0.1, 0.15) is 17.7 Å². The van der Waals surface area contributed by atoms with Crippen LogP contribution < -0.4 is 4.90 Å². The lowest BCUT2D eigenvalue weighted by Crippen LogP contribution is -2.07. The van der Waals surface area contributed by atoms with E-state index in [2.05, 4.69) is 35.2 Å². The van der Waals surface area contributed by atoms with Gasteiger partial charge in [0.15, 0.2) is 0 Å². The Morgan fingerprint density at radius 3 is 2.25 bits per heavy atom. The van der Waals surface area contributed by atoms with Gasteiger partial charge in [-0.05, 0) is 36.5 Å². The second-order valence-corrected chi connectivity index (χ2v) is 5.95. The van der Waals surface area contributed by atoms with Gasteiger partial charge in [-0.2, -0.15) is 10.5 Å². The molecule has 3 heteroatoms. The Balaban J connectivity index is 2.07. The Morgan fingerprint density at radius 2 is 1.71 bits per heavy atom. The molecule has 0 heterocycles. The minimum atomic E-state index is 0.145. The Bertz CT molecular complexity index is 743. The smallest absolute Gasteiger partial charge is 0.136 e. The van der Waals surface area contributed by atoms with Crippen LogP contribution in [0, 0.1) is 28.6 Å². The Kier molecular flexibility index (Phi) is 6.17. The molecule has 2 rings (SSSR count). The largest absolute Gasteiger partial charge is 0.378 e. The fourth-order valence-corrected chi connectivity index (χ4v) is 2.11. The van der Waals surface area contributed by atoms with E-state index >= 15 is 0 Å². The van der Waals surface area contributed by atoms with Crippen molar-refractivity contribution in [3.05, 3.63) is 71.4 Å². The van der Waals surface area contributed by atoms with Gasteiger partial charge in [-0.15, -0.1) is 0 Å². The standard InChI is InChI=1S/C21H21N3/c1-24(2)21-13-10-17(11-14-21)5-3-4-6-19(20(15-22)16-23)12-9-18-7-8-18/h3-6,9-14,18H,7-8H2,1-2H3/b5-3+,6-4+,12-9-. The van der Waals surface area contributed by atoms with Gasteiger partial charge in [0.25, 0.3) is 0 Å². The highest BCUT2D eigenvalue weighted by molar-refractivity contribution is 5.57. The molecule has 1 saturated carbocycles. The van der Waals surface area contributed by atoms with E-state index in [0.29, 0.717) is 11.5 Å². The van der Waals surface area contributed by atoms with Gasteiger partial charge in [-0.25, -0.2) is 0 Å². The van der Waals surface area contributed by atoms with Crippen LogP contribution in [0.5, 0.6) is 0 Å². The minimum absolute atomic E-state index is 0.145. The monoisotopic (exact) mass is 315 g/mol. The van der Waals surface area contributed by atoms with Crippen molar-refractivity contribution in [2.24, 2.45) is 5.92 Å². The van der Waals surface area contributed by atoms with Crippen molar-refractivity contribution in [1.82, 2.24) is 0 Å². The third kappa shape index (κ3) is 5.30. The lowest BCUT2D eigenvalue weighted by atomic mass is 10.1. The highest BCUT2D eigenvalue weighted by Gasteiger charge is 2.17. The van der Waals surface area contributed by atoms with Crippen LogP contribution in [-0.4, -0.2) is 14.1 Å². The number of hydrogen-bond donors (Lipinski definition) is 0. The molecule has 0 spiro atoms. The fourth-order valence-electron chi connectivity index (χ4n) is 2.11. The normalized spacial score (nSPS) is 14.0. The Labute approximate surface area is 144 Å². The number of hydrogen-bond acceptors (Lipinski definition) is 3. The predicted octanol–water partition coefficient (Wildman–Crippen LogP) is 4.63. The van der Waals surface area contributed by atoms with Crippen LogP contribution in [-0.2, 0) is 0 Å². The van der Waals surface area contributed by atoms with Crippen LogP contribution in [0.15, 0.2) is 65.8 Å². The number of nitriles is 2. The Morgan fingerprint density at radius 1 is 1.04 bits per heavy atom. The summed E-state index contributed by atoms with van der Waals surface area (Å²) in [5.41, 5.74) is 3.07. The molecule has 0 bridgehead atoms. The van der Waals surface area contributed by atoms with E-state index in [1.54, 1.807) is 0 Å². The van der Waals surface area contributed by atoms with E-state index < -0.39 is 0 Å². The maximum absolute atomic E-state index is 9.06. The van der Waals surface area contributed by atoms with Gasteiger partial charge in [-0.1, -0.05) is 48.6 Å². The van der Waals surface area contributed by atoms with Gasteiger partial charge in [-0.3, -0.25) is 0 Å². The van der Waals surface area contributed by atoms with Crippen LogP contribution in [0.1, 0.15) is 18.4 Å². The first-order valence-electron chi connectivity index (χ1n) is 7.99. The highest BCUT2D eigenvalue weighted by Crippen LogP contribution is 2.30. The SMILES string of the molecule is CN(C)c1ccc(/C=C/C=C/C(/C=C\C2CC2)=C(C#N)C#N)cc1. The number of benzene rings is 1. The molecule has 1 aliphatic carbocycles. The maximum atomic E-state index is 9.06. The van der Waals surface area contributed by atoms with Crippen LogP contribution in [0.4, 0.5) is 5.69 Å². The second-order valence-electron chi connectivity index (χ2n) is 5.95. The summed E-state index contributed by atoms with van der Waals surface area (Å²) in [7, 11) is 4.02. The quantitative estimate of drug-likeness (QED) is 0.568. The molecule has 120 valence electrons. The lowest BCUT2D eigenvalue weighted by Gasteiger charge is -2.11. The van der Waals surface area contributed by atoms with E-state index in [-0.39, 0.29) is 5.57 Å². The summed E-state index contributed by atoms with van der Waals surface area (Å²) in [5, 5.41) is 18.1. The molecule has 1 aromatic carbocycles. The summed E-state index contributed by atoms with van der Waals surface area (Å²) >= 11 is 0. The molecule has 1 aliphatic rings. The van der Waals surface area contributed by atoms with Gasteiger partial charge in [0, 0.05) is 25.4 Å². The summed E-state index contributed by atoms with van der Waals surface area (Å²) < 4.78 is 0.